The van der Waals surface area contributed by atoms with E-state index in [1.54, 1.807) is 0 Å². The normalized spacial score (nSPS) is 14.2. The molecule has 6 aromatic rings. The van der Waals surface area contributed by atoms with Crippen LogP contribution in [0.1, 0.15) is 28.7 Å². The van der Waals surface area contributed by atoms with Gasteiger partial charge in [-0.2, -0.15) is 0 Å². The van der Waals surface area contributed by atoms with E-state index in [1.807, 2.05) is 12.1 Å². The smallest absolute Gasteiger partial charge is 0.147 e. The van der Waals surface area contributed by atoms with E-state index in [2.05, 4.69) is 127 Å². The molecule has 0 bridgehead atoms. The van der Waals surface area contributed by atoms with Crippen LogP contribution in [0.5, 0.6) is 5.75 Å². The third-order valence-electron chi connectivity index (χ3n) is 8.38. The maximum atomic E-state index is 7.25. The topological polar surface area (TPSA) is 33.6 Å². The highest BCUT2D eigenvalue weighted by Gasteiger charge is 2.33. The lowest BCUT2D eigenvalue weighted by molar-refractivity contribution is 0.518. The quantitative estimate of drug-likeness (QED) is 0.217. The van der Waals surface area contributed by atoms with Crippen LogP contribution in [0.15, 0.2) is 138 Å². The first-order chi connectivity index (χ1) is 21.8. The number of hydrogen-bond acceptors (Lipinski definition) is 3. The van der Waals surface area contributed by atoms with Gasteiger partial charge in [-0.05, 0) is 51.8 Å². The van der Waals surface area contributed by atoms with Crippen LogP contribution in [0, 0.1) is 0 Å². The third-order valence-corrected chi connectivity index (χ3v) is 8.60. The summed E-state index contributed by atoms with van der Waals surface area (Å²) < 4.78 is 7.25. The highest BCUT2D eigenvalue weighted by molar-refractivity contribution is 6.33. The Balaban J connectivity index is 1.59. The van der Waals surface area contributed by atoms with Gasteiger partial charge in [0.05, 0.1) is 5.56 Å². The van der Waals surface area contributed by atoms with Crippen molar-refractivity contribution in [1.82, 2.24) is 5.32 Å². The van der Waals surface area contributed by atoms with Crippen LogP contribution in [-0.2, 0) is 0 Å². The van der Waals surface area contributed by atoms with Gasteiger partial charge in [0.25, 0.3) is 0 Å². The van der Waals surface area contributed by atoms with Crippen molar-refractivity contribution in [2.45, 2.75) is 6.42 Å². The van der Waals surface area contributed by atoms with Crippen molar-refractivity contribution < 1.29 is 4.74 Å². The summed E-state index contributed by atoms with van der Waals surface area (Å²) >= 11 is 7.07. The molecule has 2 aliphatic heterocycles. The maximum absolute atomic E-state index is 7.25. The molecule has 0 unspecified atom stereocenters. The van der Waals surface area contributed by atoms with Crippen molar-refractivity contribution in [2.75, 3.05) is 13.1 Å². The van der Waals surface area contributed by atoms with E-state index in [0.717, 1.165) is 97.7 Å². The Morgan fingerprint density at radius 2 is 1.18 bits per heavy atom. The second kappa shape index (κ2) is 11.2. The highest BCUT2D eigenvalue weighted by atomic mass is 35.5. The number of nitrogens with zero attached hydrogens (tertiary/aromatic N) is 1. The van der Waals surface area contributed by atoms with Gasteiger partial charge in [-0.15, -0.1) is 0 Å². The number of hydrogen-bond donors (Lipinski definition) is 1. The minimum absolute atomic E-state index is 0.679. The molecule has 0 aromatic heterocycles. The predicted molar refractivity (Wildman–Crippen MR) is 183 cm³/mol. The first-order valence-corrected chi connectivity index (χ1v) is 15.4. The monoisotopic (exact) mass is 588 g/mol. The second-order valence-electron chi connectivity index (χ2n) is 11.1. The van der Waals surface area contributed by atoms with Gasteiger partial charge in [-0.3, -0.25) is 4.99 Å². The Morgan fingerprint density at radius 3 is 1.77 bits per heavy atom. The summed E-state index contributed by atoms with van der Waals surface area (Å²) in [4.78, 5) is 5.07. The van der Waals surface area contributed by atoms with Crippen molar-refractivity contribution in [3.05, 3.63) is 161 Å². The van der Waals surface area contributed by atoms with E-state index < -0.39 is 0 Å². The number of nitrogens with one attached hydrogen (secondary N) is 1. The van der Waals surface area contributed by atoms with Crippen LogP contribution in [-0.4, -0.2) is 18.9 Å². The molecule has 6 aromatic carbocycles. The molecule has 0 fully saturated rings. The molecule has 0 radical (unpaired) electrons. The summed E-state index contributed by atoms with van der Waals surface area (Å²) in [5.74, 6) is 2.47. The number of halogens is 1. The van der Waals surface area contributed by atoms with Gasteiger partial charge >= 0.3 is 0 Å². The molecule has 0 aliphatic carbocycles. The van der Waals surface area contributed by atoms with Gasteiger partial charge in [-0.1, -0.05) is 133 Å². The van der Waals surface area contributed by atoms with Crippen LogP contribution in [0.4, 0.5) is 0 Å². The van der Waals surface area contributed by atoms with E-state index in [0.29, 0.717) is 5.02 Å². The van der Waals surface area contributed by atoms with E-state index in [4.69, 9.17) is 21.3 Å². The van der Waals surface area contributed by atoms with Gasteiger partial charge in [0.2, 0.25) is 0 Å². The van der Waals surface area contributed by atoms with Crippen molar-refractivity contribution in [1.29, 1.82) is 0 Å². The van der Waals surface area contributed by atoms with Crippen molar-refractivity contribution in [2.24, 2.45) is 4.99 Å². The standard InChI is InChI=1S/C40H29ClN2O/c41-30-24-31-33(26-14-5-1-6-15-26)35(28-18-9-3-10-19-28)37(40-42-22-13-23-43-40)39-36(31)32(25-30)34(27-16-7-2-8-17-27)38(44-39)29-20-11-4-12-21-29/h1-12,14-21,24-25H,13,22-23H2,(H,42,43). The van der Waals surface area contributed by atoms with E-state index in [-0.39, 0.29) is 0 Å². The maximum Gasteiger partial charge on any atom is 0.147 e. The minimum Gasteiger partial charge on any atom is -0.455 e. The van der Waals surface area contributed by atoms with Gasteiger partial charge in [0.1, 0.15) is 17.3 Å². The predicted octanol–water partition coefficient (Wildman–Crippen LogP) is 9.88. The Labute approximate surface area is 262 Å². The van der Waals surface area contributed by atoms with E-state index in [1.165, 1.54) is 0 Å². The molecule has 0 atom stereocenters. The van der Waals surface area contributed by atoms with Gasteiger partial charge in [0.15, 0.2) is 0 Å². The zero-order valence-electron chi connectivity index (χ0n) is 24.1. The molecule has 2 aliphatic rings. The first-order valence-electron chi connectivity index (χ1n) is 15.0. The lowest BCUT2D eigenvalue weighted by Gasteiger charge is -2.31. The fourth-order valence-electron chi connectivity index (χ4n) is 6.53. The van der Waals surface area contributed by atoms with Gasteiger partial charge in [-0.25, -0.2) is 0 Å². The third kappa shape index (κ3) is 4.49. The zero-order chi connectivity index (χ0) is 29.5. The molecule has 8 rings (SSSR count). The largest absolute Gasteiger partial charge is 0.455 e. The molecular weight excluding hydrogens is 560 g/mol. The number of amidine groups is 1. The molecule has 44 heavy (non-hydrogen) atoms. The SMILES string of the molecule is Clc1cc2c3c(c(C4=NCCCN4)c(-c4ccccc4)c(-c4ccccc4)c3c1)OC(c1ccccc1)=C2c1ccccc1. The van der Waals surface area contributed by atoms with Crippen LogP contribution in [0.3, 0.4) is 0 Å². The molecule has 0 amide bonds. The summed E-state index contributed by atoms with van der Waals surface area (Å²) in [6, 6.07) is 46.2. The van der Waals surface area contributed by atoms with E-state index >= 15 is 0 Å². The molecule has 0 saturated carbocycles. The minimum atomic E-state index is 0.679. The van der Waals surface area contributed by atoms with Crippen molar-refractivity contribution in [3.63, 3.8) is 0 Å². The van der Waals surface area contributed by atoms with Gasteiger partial charge in [0, 0.05) is 40.2 Å². The van der Waals surface area contributed by atoms with Crippen molar-refractivity contribution >= 4 is 39.5 Å². The van der Waals surface area contributed by atoms with Gasteiger partial charge < -0.3 is 10.1 Å². The average molecular weight is 589 g/mol. The highest BCUT2D eigenvalue weighted by Crippen LogP contribution is 2.54. The van der Waals surface area contributed by atoms with Crippen molar-refractivity contribution in [3.8, 4) is 28.0 Å². The first kappa shape index (κ1) is 26.5. The van der Waals surface area contributed by atoms with E-state index in [9.17, 15) is 0 Å². The lowest BCUT2D eigenvalue weighted by Crippen LogP contribution is -2.31. The molecule has 2 heterocycles. The molecule has 4 heteroatoms. The summed E-state index contributed by atoms with van der Waals surface area (Å²) in [6.07, 6.45) is 0.994. The Kier molecular flexibility index (Phi) is 6.74. The van der Waals surface area contributed by atoms with Crippen LogP contribution >= 0.6 is 11.6 Å². The Bertz CT molecular complexity index is 2070. The molecular formula is C40H29ClN2O. The molecule has 0 saturated heterocycles. The summed E-state index contributed by atoms with van der Waals surface area (Å²) in [5.41, 5.74) is 9.53. The average Bonchev–Trinajstić information content (AvgIpc) is 3.09. The number of rotatable bonds is 5. The lowest BCUT2D eigenvalue weighted by atomic mass is 9.80. The fraction of sp³-hybridized carbons (Fsp3) is 0.0750. The molecule has 1 N–H and O–H groups in total. The number of benzene rings is 6. The van der Waals surface area contributed by atoms with Crippen LogP contribution < -0.4 is 10.1 Å². The summed E-state index contributed by atoms with van der Waals surface area (Å²) in [6.45, 7) is 1.62. The number of aliphatic imine (C=N–C) groups is 1. The Hall–Kier alpha value is -5.12. The summed E-state index contributed by atoms with van der Waals surface area (Å²) in [7, 11) is 0. The van der Waals surface area contributed by atoms with Crippen LogP contribution in [0.25, 0.3) is 44.4 Å². The second-order valence-corrected chi connectivity index (χ2v) is 11.5. The molecule has 0 spiro atoms. The molecule has 3 nitrogen and oxygen atoms in total. The zero-order valence-corrected chi connectivity index (χ0v) is 24.8. The Morgan fingerprint density at radius 1 is 0.614 bits per heavy atom. The summed E-state index contributed by atoms with van der Waals surface area (Å²) in [5, 5.41) is 6.41. The molecule has 212 valence electrons. The number of ether oxygens (including phenoxy) is 1. The van der Waals surface area contributed by atoms with Crippen LogP contribution in [0.2, 0.25) is 5.02 Å². The fourth-order valence-corrected chi connectivity index (χ4v) is 6.75.